The highest BCUT2D eigenvalue weighted by Gasteiger charge is 2.30. The maximum atomic E-state index is 12.7. The number of ether oxygens (including phenoxy) is 1. The van der Waals surface area contributed by atoms with Crippen molar-refractivity contribution >= 4 is 11.9 Å². The van der Waals surface area contributed by atoms with Gasteiger partial charge in [0.25, 0.3) is 5.91 Å². The molecular weight excluding hydrogens is 352 g/mol. The first-order chi connectivity index (χ1) is 13.4. The third-order valence-electron chi connectivity index (χ3n) is 5.37. The van der Waals surface area contributed by atoms with Crippen molar-refractivity contribution in [1.29, 1.82) is 0 Å². The number of aromatic nitrogens is 1. The second-order valence-corrected chi connectivity index (χ2v) is 7.69. The summed E-state index contributed by atoms with van der Waals surface area (Å²) in [4.78, 5) is 25.3. The summed E-state index contributed by atoms with van der Waals surface area (Å²) in [5.74, 6) is -0.707. The molecule has 2 unspecified atom stereocenters. The number of rotatable bonds is 8. The van der Waals surface area contributed by atoms with Gasteiger partial charge in [-0.15, -0.1) is 0 Å². The van der Waals surface area contributed by atoms with E-state index in [1.54, 1.807) is 6.92 Å². The van der Waals surface area contributed by atoms with Gasteiger partial charge in [0.05, 0.1) is 11.6 Å². The van der Waals surface area contributed by atoms with Gasteiger partial charge in [-0.25, -0.2) is 4.79 Å². The van der Waals surface area contributed by atoms with Gasteiger partial charge in [-0.05, 0) is 51.7 Å². The molecule has 0 aliphatic heterocycles. The molecule has 5 nitrogen and oxygen atoms in total. The minimum absolute atomic E-state index is 0.0835. The molecule has 150 valence electrons. The SMILES string of the molecule is CCCC(NC(=O)C(C)OC(=O)c1cc(C)n(C2CC2)c1C)c1ccccc1. The summed E-state index contributed by atoms with van der Waals surface area (Å²) >= 11 is 0. The van der Waals surface area contributed by atoms with Crippen LogP contribution in [0, 0.1) is 13.8 Å². The highest BCUT2D eigenvalue weighted by atomic mass is 16.5. The van der Waals surface area contributed by atoms with Crippen molar-refractivity contribution in [2.24, 2.45) is 0 Å². The van der Waals surface area contributed by atoms with E-state index in [2.05, 4.69) is 16.8 Å². The van der Waals surface area contributed by atoms with Crippen LogP contribution in [0.1, 0.15) is 78.9 Å². The van der Waals surface area contributed by atoms with Gasteiger partial charge in [0.15, 0.2) is 6.10 Å². The molecule has 0 radical (unpaired) electrons. The van der Waals surface area contributed by atoms with E-state index in [0.29, 0.717) is 11.6 Å². The lowest BCUT2D eigenvalue weighted by Gasteiger charge is -2.21. The second-order valence-electron chi connectivity index (χ2n) is 7.69. The number of hydrogen-bond donors (Lipinski definition) is 1. The zero-order chi connectivity index (χ0) is 20.3. The zero-order valence-corrected chi connectivity index (χ0v) is 17.2. The second kappa shape index (κ2) is 8.63. The molecule has 0 bridgehead atoms. The van der Waals surface area contributed by atoms with Crippen LogP contribution in [0.3, 0.4) is 0 Å². The van der Waals surface area contributed by atoms with Gasteiger partial charge in [-0.1, -0.05) is 43.7 Å². The Morgan fingerprint density at radius 2 is 1.89 bits per heavy atom. The van der Waals surface area contributed by atoms with Gasteiger partial charge >= 0.3 is 5.97 Å². The summed E-state index contributed by atoms with van der Waals surface area (Å²) in [7, 11) is 0. The quantitative estimate of drug-likeness (QED) is 0.677. The molecule has 28 heavy (non-hydrogen) atoms. The average molecular weight is 383 g/mol. The first-order valence-corrected chi connectivity index (χ1v) is 10.2. The monoisotopic (exact) mass is 382 g/mol. The molecule has 1 N–H and O–H groups in total. The maximum Gasteiger partial charge on any atom is 0.340 e. The van der Waals surface area contributed by atoms with Gasteiger partial charge < -0.3 is 14.6 Å². The average Bonchev–Trinajstić information content (AvgIpc) is 3.46. The van der Waals surface area contributed by atoms with Crippen molar-refractivity contribution in [2.75, 3.05) is 0 Å². The predicted molar refractivity (Wildman–Crippen MR) is 109 cm³/mol. The number of amides is 1. The topological polar surface area (TPSA) is 60.3 Å². The van der Waals surface area contributed by atoms with Gasteiger partial charge in [0.1, 0.15) is 0 Å². The van der Waals surface area contributed by atoms with Crippen LogP contribution in [-0.2, 0) is 9.53 Å². The summed E-state index contributed by atoms with van der Waals surface area (Å²) in [6, 6.07) is 12.2. The molecule has 1 amide bonds. The number of carbonyl (C=O) groups excluding carboxylic acids is 2. The minimum Gasteiger partial charge on any atom is -0.449 e. The number of esters is 1. The molecule has 3 rings (SSSR count). The highest BCUT2D eigenvalue weighted by molar-refractivity contribution is 5.93. The van der Waals surface area contributed by atoms with Gasteiger partial charge in [-0.3, -0.25) is 4.79 Å². The van der Waals surface area contributed by atoms with Crippen LogP contribution in [0.15, 0.2) is 36.4 Å². The molecule has 1 aliphatic rings. The zero-order valence-electron chi connectivity index (χ0n) is 17.2. The van der Waals surface area contributed by atoms with E-state index in [-0.39, 0.29) is 11.9 Å². The smallest absolute Gasteiger partial charge is 0.340 e. The Labute approximate surface area is 167 Å². The van der Waals surface area contributed by atoms with Crippen LogP contribution in [0.5, 0.6) is 0 Å². The van der Waals surface area contributed by atoms with Gasteiger partial charge in [0, 0.05) is 17.4 Å². The Bertz CT molecular complexity index is 837. The normalized spacial score (nSPS) is 15.7. The van der Waals surface area contributed by atoms with Crippen LogP contribution in [-0.4, -0.2) is 22.5 Å². The minimum atomic E-state index is -0.848. The van der Waals surface area contributed by atoms with Crippen LogP contribution in [0.25, 0.3) is 0 Å². The summed E-state index contributed by atoms with van der Waals surface area (Å²) in [5.41, 5.74) is 3.60. The largest absolute Gasteiger partial charge is 0.449 e. The van der Waals surface area contributed by atoms with Crippen molar-refractivity contribution in [2.45, 2.75) is 71.6 Å². The molecule has 1 aromatic carbocycles. The van der Waals surface area contributed by atoms with Crippen molar-refractivity contribution in [3.05, 3.63) is 58.9 Å². The molecule has 2 aromatic rings. The summed E-state index contributed by atoms with van der Waals surface area (Å²) in [6.45, 7) is 7.66. The molecular formula is C23H30N2O3. The van der Waals surface area contributed by atoms with E-state index in [1.165, 1.54) is 0 Å². The molecule has 0 saturated heterocycles. The summed E-state index contributed by atoms with van der Waals surface area (Å²) < 4.78 is 7.70. The molecule has 1 heterocycles. The van der Waals surface area contributed by atoms with Crippen molar-refractivity contribution in [1.82, 2.24) is 9.88 Å². The molecule has 2 atom stereocenters. The Hall–Kier alpha value is -2.56. The van der Waals surface area contributed by atoms with E-state index in [1.807, 2.05) is 50.2 Å². The maximum absolute atomic E-state index is 12.7. The molecule has 1 aromatic heterocycles. The lowest BCUT2D eigenvalue weighted by Crippen LogP contribution is -2.38. The third kappa shape index (κ3) is 4.46. The van der Waals surface area contributed by atoms with Crippen molar-refractivity contribution < 1.29 is 14.3 Å². The molecule has 1 fully saturated rings. The first kappa shape index (κ1) is 20.2. The van der Waals surface area contributed by atoms with Crippen LogP contribution < -0.4 is 5.32 Å². The Morgan fingerprint density at radius 1 is 1.21 bits per heavy atom. The lowest BCUT2D eigenvalue weighted by molar-refractivity contribution is -0.129. The predicted octanol–water partition coefficient (Wildman–Crippen LogP) is 4.64. The van der Waals surface area contributed by atoms with E-state index in [9.17, 15) is 9.59 Å². The fraction of sp³-hybridized carbons (Fsp3) is 0.478. The lowest BCUT2D eigenvalue weighted by atomic mass is 10.0. The van der Waals surface area contributed by atoms with E-state index < -0.39 is 12.1 Å². The van der Waals surface area contributed by atoms with E-state index in [4.69, 9.17) is 4.74 Å². The Balaban J connectivity index is 1.65. The molecule has 1 aliphatic carbocycles. The van der Waals surface area contributed by atoms with Crippen molar-refractivity contribution in [3.63, 3.8) is 0 Å². The van der Waals surface area contributed by atoms with Crippen LogP contribution >= 0.6 is 0 Å². The molecule has 1 saturated carbocycles. The van der Waals surface area contributed by atoms with E-state index >= 15 is 0 Å². The number of nitrogens with zero attached hydrogens (tertiary/aromatic N) is 1. The number of hydrogen-bond acceptors (Lipinski definition) is 3. The molecule has 0 spiro atoms. The Morgan fingerprint density at radius 3 is 2.50 bits per heavy atom. The number of nitrogens with one attached hydrogen (secondary N) is 1. The van der Waals surface area contributed by atoms with Crippen LogP contribution in [0.2, 0.25) is 0 Å². The standard InChI is InChI=1S/C23H30N2O3/c1-5-9-21(18-10-7-6-8-11-18)24-22(26)17(4)28-23(27)20-14-15(2)25(16(20)3)19-12-13-19/h6-8,10-11,14,17,19,21H,5,9,12-13H2,1-4H3,(H,24,26). The number of carbonyl (C=O) groups is 2. The summed E-state index contributed by atoms with van der Waals surface area (Å²) in [5, 5.41) is 3.03. The first-order valence-electron chi connectivity index (χ1n) is 10.2. The summed E-state index contributed by atoms with van der Waals surface area (Å²) in [6.07, 6.45) is 3.24. The third-order valence-corrected chi connectivity index (χ3v) is 5.37. The van der Waals surface area contributed by atoms with E-state index in [0.717, 1.165) is 42.6 Å². The highest BCUT2D eigenvalue weighted by Crippen LogP contribution is 2.38. The number of aryl methyl sites for hydroxylation is 1. The molecule has 5 heteroatoms. The fourth-order valence-electron chi connectivity index (χ4n) is 3.74. The Kier molecular flexibility index (Phi) is 6.22. The fourth-order valence-corrected chi connectivity index (χ4v) is 3.74. The van der Waals surface area contributed by atoms with Gasteiger partial charge in [-0.2, -0.15) is 0 Å². The number of benzene rings is 1. The van der Waals surface area contributed by atoms with Crippen molar-refractivity contribution in [3.8, 4) is 0 Å². The van der Waals surface area contributed by atoms with Crippen LogP contribution in [0.4, 0.5) is 0 Å². The van der Waals surface area contributed by atoms with Gasteiger partial charge in [0.2, 0.25) is 0 Å².